The Labute approximate surface area is 189 Å². The number of nitrogens with two attached hydrogens (primary N) is 1. The first-order valence-corrected chi connectivity index (χ1v) is 11.6. The van der Waals surface area contributed by atoms with Crippen LogP contribution in [0.4, 0.5) is 10.2 Å². The van der Waals surface area contributed by atoms with Gasteiger partial charge in [-0.1, -0.05) is 33.3 Å². The number of halogens is 1. The summed E-state index contributed by atoms with van der Waals surface area (Å²) < 4.78 is 13.9. The molecule has 1 aromatic heterocycles. The first-order chi connectivity index (χ1) is 14.7. The molecule has 0 saturated heterocycles. The highest BCUT2D eigenvalue weighted by atomic mass is 32.2. The molecule has 2 rings (SSSR count). The fourth-order valence-corrected chi connectivity index (χ4v) is 4.44. The van der Waals surface area contributed by atoms with Crippen LogP contribution in [0.3, 0.4) is 0 Å². The number of hydrogen-bond acceptors (Lipinski definition) is 5. The van der Waals surface area contributed by atoms with Crippen LogP contribution in [-0.2, 0) is 5.75 Å². The van der Waals surface area contributed by atoms with Crippen LogP contribution in [0, 0.1) is 35.4 Å². The van der Waals surface area contributed by atoms with Crippen molar-refractivity contribution < 1.29 is 4.39 Å². The van der Waals surface area contributed by atoms with E-state index in [1.807, 2.05) is 19.1 Å². The van der Waals surface area contributed by atoms with Crippen LogP contribution >= 0.6 is 11.8 Å². The molecule has 0 amide bonds. The number of benzene rings is 1. The van der Waals surface area contributed by atoms with Gasteiger partial charge in [0, 0.05) is 34.4 Å². The third-order valence-electron chi connectivity index (χ3n) is 5.85. The standard InChI is InChI=1S/C25H31FN4S/c1-6-15(2)18(5)22-10-21(26)8-7-19(22)13-31-14-23(28)24(17(4)11-27)20-9-16(3)25(29)30-12-20/h7-10,12,15,18,28H,6,13-14H2,1-5H3,(H2,29,30)/b24-17+,28-23?. The minimum Gasteiger partial charge on any atom is -0.383 e. The van der Waals surface area contributed by atoms with E-state index in [1.54, 1.807) is 30.9 Å². The maximum Gasteiger partial charge on any atom is 0.126 e. The molecule has 2 aromatic rings. The first kappa shape index (κ1) is 24.6. The zero-order chi connectivity index (χ0) is 23.1. The van der Waals surface area contributed by atoms with Crippen LogP contribution in [0.2, 0.25) is 0 Å². The van der Waals surface area contributed by atoms with E-state index in [-0.39, 0.29) is 11.7 Å². The van der Waals surface area contributed by atoms with Crippen molar-refractivity contribution in [2.24, 2.45) is 5.92 Å². The average molecular weight is 439 g/mol. The van der Waals surface area contributed by atoms with Crippen molar-refractivity contribution in [1.29, 1.82) is 10.7 Å². The van der Waals surface area contributed by atoms with Crippen molar-refractivity contribution in [2.75, 3.05) is 11.5 Å². The molecule has 0 bridgehead atoms. The van der Waals surface area contributed by atoms with Gasteiger partial charge in [-0.2, -0.15) is 17.0 Å². The van der Waals surface area contributed by atoms with Gasteiger partial charge in [-0.3, -0.25) is 0 Å². The second-order valence-corrected chi connectivity index (χ2v) is 9.01. The van der Waals surface area contributed by atoms with Crippen molar-refractivity contribution in [3.8, 4) is 6.07 Å². The molecule has 2 unspecified atom stereocenters. The molecule has 6 heteroatoms. The van der Waals surface area contributed by atoms with Crippen molar-refractivity contribution >= 4 is 28.9 Å². The average Bonchev–Trinajstić information content (AvgIpc) is 2.76. The van der Waals surface area contributed by atoms with Crippen LogP contribution < -0.4 is 5.73 Å². The van der Waals surface area contributed by atoms with E-state index in [0.29, 0.717) is 40.1 Å². The number of nitrogen functional groups attached to an aromatic ring is 1. The summed E-state index contributed by atoms with van der Waals surface area (Å²) in [6.07, 6.45) is 2.65. The molecular weight excluding hydrogens is 407 g/mol. The fraction of sp³-hybridized carbons (Fsp3) is 0.400. The van der Waals surface area contributed by atoms with Crippen molar-refractivity contribution in [1.82, 2.24) is 4.98 Å². The quantitative estimate of drug-likeness (QED) is 0.345. The molecule has 4 nitrogen and oxygen atoms in total. The number of nitrogens with one attached hydrogen (secondary N) is 1. The number of thioether (sulfide) groups is 1. The molecule has 0 fully saturated rings. The maximum atomic E-state index is 13.9. The lowest BCUT2D eigenvalue weighted by Crippen LogP contribution is -2.10. The second kappa shape index (κ2) is 11.1. The van der Waals surface area contributed by atoms with Crippen molar-refractivity contribution in [3.05, 3.63) is 64.1 Å². The number of rotatable bonds is 9. The molecule has 164 valence electrons. The summed E-state index contributed by atoms with van der Waals surface area (Å²) in [5.41, 5.74) is 10.9. The van der Waals surface area contributed by atoms with Gasteiger partial charge < -0.3 is 11.1 Å². The van der Waals surface area contributed by atoms with E-state index in [1.165, 1.54) is 6.07 Å². The second-order valence-electron chi connectivity index (χ2n) is 8.03. The lowest BCUT2D eigenvalue weighted by molar-refractivity contribution is 0.469. The molecule has 0 aliphatic rings. The van der Waals surface area contributed by atoms with Gasteiger partial charge in [0.05, 0.1) is 11.8 Å². The summed E-state index contributed by atoms with van der Waals surface area (Å²) in [5, 5.41) is 18.1. The zero-order valence-corrected chi connectivity index (χ0v) is 19.7. The molecule has 0 aliphatic carbocycles. The van der Waals surface area contributed by atoms with E-state index < -0.39 is 0 Å². The molecule has 0 spiro atoms. The van der Waals surface area contributed by atoms with Crippen LogP contribution in [-0.4, -0.2) is 16.4 Å². The number of nitriles is 1. The van der Waals surface area contributed by atoms with Gasteiger partial charge in [-0.05, 0) is 60.6 Å². The predicted octanol–water partition coefficient (Wildman–Crippen LogP) is 6.51. The Bertz CT molecular complexity index is 1020. The van der Waals surface area contributed by atoms with E-state index >= 15 is 0 Å². The summed E-state index contributed by atoms with van der Waals surface area (Å²) in [6.45, 7) is 10.1. The monoisotopic (exact) mass is 438 g/mol. The largest absolute Gasteiger partial charge is 0.383 e. The van der Waals surface area contributed by atoms with Gasteiger partial charge in [-0.25, -0.2) is 9.37 Å². The summed E-state index contributed by atoms with van der Waals surface area (Å²) in [4.78, 5) is 4.19. The van der Waals surface area contributed by atoms with Crippen LogP contribution in [0.15, 0.2) is 36.0 Å². The Kier molecular flexibility index (Phi) is 8.82. The summed E-state index contributed by atoms with van der Waals surface area (Å²) >= 11 is 1.59. The fourth-order valence-electron chi connectivity index (χ4n) is 3.51. The molecule has 1 heterocycles. The van der Waals surface area contributed by atoms with Crippen LogP contribution in [0.5, 0.6) is 0 Å². The highest BCUT2D eigenvalue weighted by molar-refractivity contribution is 7.99. The number of anilines is 1. The van der Waals surface area contributed by atoms with Gasteiger partial charge in [-0.15, -0.1) is 0 Å². The molecular formula is C25H31FN4S. The number of allylic oxidation sites excluding steroid dienone is 2. The molecule has 1 aromatic carbocycles. The third-order valence-corrected chi connectivity index (χ3v) is 6.86. The lowest BCUT2D eigenvalue weighted by atomic mass is 9.85. The number of nitrogens with zero attached hydrogens (tertiary/aromatic N) is 2. The number of aromatic nitrogens is 1. The van der Waals surface area contributed by atoms with Gasteiger partial charge in [0.15, 0.2) is 0 Å². The third kappa shape index (κ3) is 6.18. The predicted molar refractivity (Wildman–Crippen MR) is 130 cm³/mol. The minimum atomic E-state index is -0.215. The van der Waals surface area contributed by atoms with Gasteiger partial charge in [0.25, 0.3) is 0 Å². The van der Waals surface area contributed by atoms with Crippen LogP contribution in [0.1, 0.15) is 62.3 Å². The molecule has 0 saturated carbocycles. The van der Waals surface area contributed by atoms with Gasteiger partial charge >= 0.3 is 0 Å². The Hall–Kier alpha value is -2.65. The summed E-state index contributed by atoms with van der Waals surface area (Å²) in [6, 6.07) is 9.03. The zero-order valence-electron chi connectivity index (χ0n) is 18.9. The van der Waals surface area contributed by atoms with Gasteiger partial charge in [0.1, 0.15) is 11.6 Å². The topological polar surface area (TPSA) is 86.5 Å². The number of aryl methyl sites for hydroxylation is 1. The molecule has 31 heavy (non-hydrogen) atoms. The Balaban J connectivity index is 2.20. The number of pyridine rings is 1. The first-order valence-electron chi connectivity index (χ1n) is 10.5. The molecule has 2 atom stereocenters. The minimum absolute atomic E-state index is 0.215. The van der Waals surface area contributed by atoms with E-state index in [9.17, 15) is 9.65 Å². The Morgan fingerprint density at radius 1 is 1.32 bits per heavy atom. The van der Waals surface area contributed by atoms with E-state index in [2.05, 4.69) is 31.8 Å². The number of hydrogen-bond donors (Lipinski definition) is 2. The summed E-state index contributed by atoms with van der Waals surface area (Å²) in [5.74, 6) is 2.06. The van der Waals surface area contributed by atoms with Gasteiger partial charge in [0.2, 0.25) is 0 Å². The normalized spacial score (nSPS) is 13.8. The van der Waals surface area contributed by atoms with E-state index in [4.69, 9.17) is 11.1 Å². The van der Waals surface area contributed by atoms with Crippen molar-refractivity contribution in [3.63, 3.8) is 0 Å². The smallest absolute Gasteiger partial charge is 0.126 e. The Morgan fingerprint density at radius 2 is 2.03 bits per heavy atom. The van der Waals surface area contributed by atoms with Crippen LogP contribution in [0.25, 0.3) is 5.57 Å². The maximum absolute atomic E-state index is 13.9. The Morgan fingerprint density at radius 3 is 2.65 bits per heavy atom. The van der Waals surface area contributed by atoms with Crippen molar-refractivity contribution in [2.45, 2.75) is 52.7 Å². The highest BCUT2D eigenvalue weighted by Crippen LogP contribution is 2.32. The summed E-state index contributed by atoms with van der Waals surface area (Å²) in [7, 11) is 0. The van der Waals surface area contributed by atoms with E-state index in [0.717, 1.165) is 28.7 Å². The highest BCUT2D eigenvalue weighted by Gasteiger charge is 2.18. The molecule has 0 aliphatic heterocycles. The molecule has 0 radical (unpaired) electrons. The lowest BCUT2D eigenvalue weighted by Gasteiger charge is -2.22. The SMILES string of the molecule is CCC(C)C(C)c1cc(F)ccc1CSCC(=N)/C(=C(\C)C#N)c1cnc(N)c(C)c1. The molecule has 3 N–H and O–H groups in total.